The van der Waals surface area contributed by atoms with Gasteiger partial charge in [0.15, 0.2) is 5.11 Å². The largest absolute Gasteiger partial charge is 0.476 e. The van der Waals surface area contributed by atoms with Crippen LogP contribution in [0.1, 0.15) is 76.0 Å². The minimum Gasteiger partial charge on any atom is -0.476 e. The number of anilines is 4. The van der Waals surface area contributed by atoms with Crippen LogP contribution >= 0.6 is 12.2 Å². The summed E-state index contributed by atoms with van der Waals surface area (Å²) < 4.78 is 47.7. The van der Waals surface area contributed by atoms with E-state index in [1.165, 1.54) is 6.07 Å². The Morgan fingerprint density at radius 3 is 2.42 bits per heavy atom. The monoisotopic (exact) mass is 845 g/mol. The highest BCUT2D eigenvalue weighted by molar-refractivity contribution is 7.81. The number of hydrogen-bond acceptors (Lipinski definition) is 11. The number of nitrogens with one attached hydrogen (secondary N) is 3. The maximum absolute atomic E-state index is 13.8. The molecule has 4 amide bonds. The number of nitriles is 1. The molecule has 0 bridgehead atoms. The summed E-state index contributed by atoms with van der Waals surface area (Å²) >= 11 is 5.74. The van der Waals surface area contributed by atoms with Crippen molar-refractivity contribution in [2.75, 3.05) is 53.2 Å². The van der Waals surface area contributed by atoms with Crippen molar-refractivity contribution < 1.29 is 37.1 Å². The average Bonchev–Trinajstić information content (AvgIpc) is 4.01. The molecule has 7 rings (SSSR count). The lowest BCUT2D eigenvalue weighted by molar-refractivity contribution is -0.138. The number of carbonyl (C=O) groups excluding carboxylic acids is 4. The van der Waals surface area contributed by atoms with Gasteiger partial charge in [0, 0.05) is 55.1 Å². The van der Waals surface area contributed by atoms with E-state index in [0.717, 1.165) is 35.4 Å². The van der Waals surface area contributed by atoms with E-state index < -0.39 is 34.8 Å². The topological polar surface area (TPSA) is 163 Å². The first kappa shape index (κ1) is 42.5. The maximum Gasteiger partial charge on any atom is 0.417 e. The van der Waals surface area contributed by atoms with Gasteiger partial charge >= 0.3 is 6.18 Å². The number of nitrogens with zero attached hydrogens (tertiary/aromatic N) is 6. The van der Waals surface area contributed by atoms with Gasteiger partial charge in [0.05, 0.1) is 41.3 Å². The fourth-order valence-electron chi connectivity index (χ4n) is 8.16. The Labute approximate surface area is 351 Å². The van der Waals surface area contributed by atoms with Crippen molar-refractivity contribution in [2.24, 2.45) is 0 Å². The predicted octanol–water partition coefficient (Wildman–Crippen LogP) is 5.40. The smallest absolute Gasteiger partial charge is 0.417 e. The number of halogens is 3. The van der Waals surface area contributed by atoms with Gasteiger partial charge in [0.25, 0.3) is 5.91 Å². The minimum absolute atomic E-state index is 0.00607. The predicted molar refractivity (Wildman–Crippen MR) is 221 cm³/mol. The summed E-state index contributed by atoms with van der Waals surface area (Å²) in [6, 6.07) is 13.3. The number of piperazine rings is 1. The fourth-order valence-corrected chi connectivity index (χ4v) is 8.69. The van der Waals surface area contributed by atoms with Crippen LogP contribution in [0.15, 0.2) is 54.7 Å². The first-order valence-corrected chi connectivity index (χ1v) is 20.3. The van der Waals surface area contributed by atoms with E-state index in [1.54, 1.807) is 55.3 Å². The van der Waals surface area contributed by atoms with Gasteiger partial charge in [-0.1, -0.05) is 6.07 Å². The number of aromatic nitrogens is 1. The van der Waals surface area contributed by atoms with Crippen LogP contribution in [0.25, 0.3) is 0 Å². The molecule has 1 saturated carbocycles. The Kier molecular flexibility index (Phi) is 11.9. The van der Waals surface area contributed by atoms with Gasteiger partial charge in [-0.2, -0.15) is 18.4 Å². The van der Waals surface area contributed by atoms with Crippen LogP contribution in [-0.2, 0) is 25.4 Å². The number of alkyl halides is 3. The van der Waals surface area contributed by atoms with Crippen LogP contribution < -0.4 is 30.5 Å². The second-order valence-electron chi connectivity index (χ2n) is 16.3. The molecular weight excluding hydrogens is 800 g/mol. The van der Waals surface area contributed by atoms with Gasteiger partial charge in [0.2, 0.25) is 23.6 Å². The molecule has 4 aliphatic rings. The summed E-state index contributed by atoms with van der Waals surface area (Å²) in [5, 5.41) is 17.7. The van der Waals surface area contributed by atoms with Crippen molar-refractivity contribution >= 4 is 63.7 Å². The number of thiocarbonyl (C=S) groups is 1. The maximum atomic E-state index is 13.8. The first-order valence-electron chi connectivity index (χ1n) is 19.9. The quantitative estimate of drug-likeness (QED) is 0.158. The highest BCUT2D eigenvalue weighted by atomic mass is 32.1. The molecule has 1 aliphatic carbocycles. The Hall–Kier alpha value is -5.64. The molecule has 0 spiro atoms. The molecule has 18 heteroatoms. The summed E-state index contributed by atoms with van der Waals surface area (Å²) in [5.41, 5.74) is -0.412. The zero-order valence-electron chi connectivity index (χ0n) is 33.6. The van der Waals surface area contributed by atoms with E-state index in [9.17, 15) is 37.6 Å². The summed E-state index contributed by atoms with van der Waals surface area (Å²) in [6.45, 7) is 10.1. The number of rotatable bonds is 12. The van der Waals surface area contributed by atoms with Gasteiger partial charge in [-0.15, -0.1) is 0 Å². The molecule has 1 unspecified atom stereocenters. The molecule has 0 radical (unpaired) electrons. The van der Waals surface area contributed by atoms with Crippen LogP contribution in [0.5, 0.6) is 5.88 Å². The van der Waals surface area contributed by atoms with Gasteiger partial charge in [0.1, 0.15) is 18.2 Å². The Morgan fingerprint density at radius 1 is 1.03 bits per heavy atom. The molecule has 4 heterocycles. The van der Waals surface area contributed by atoms with Crippen LogP contribution in [0.3, 0.4) is 0 Å². The van der Waals surface area contributed by atoms with Crippen molar-refractivity contribution in [3.8, 4) is 11.9 Å². The van der Waals surface area contributed by atoms with Crippen molar-refractivity contribution in [1.29, 1.82) is 5.26 Å². The zero-order valence-corrected chi connectivity index (χ0v) is 34.5. The van der Waals surface area contributed by atoms with Gasteiger partial charge in [-0.25, -0.2) is 4.98 Å². The molecule has 14 nitrogen and oxygen atoms in total. The summed E-state index contributed by atoms with van der Waals surface area (Å²) in [5.74, 6) is -0.663. The number of ether oxygens (including phenoxy) is 1. The normalized spacial score (nSPS) is 22.4. The molecule has 3 saturated heterocycles. The fraction of sp³-hybridized carbons (Fsp3) is 0.452. The van der Waals surface area contributed by atoms with Crippen molar-refractivity contribution in [2.45, 2.75) is 89.1 Å². The van der Waals surface area contributed by atoms with E-state index in [2.05, 4.69) is 44.6 Å². The van der Waals surface area contributed by atoms with Crippen molar-refractivity contribution in [3.63, 3.8) is 0 Å². The second-order valence-corrected chi connectivity index (χ2v) is 16.6. The lowest BCUT2D eigenvalue weighted by atomic mass is 10.0. The third kappa shape index (κ3) is 8.93. The lowest BCUT2D eigenvalue weighted by Crippen LogP contribution is -2.58. The number of hydrogen-bond donors (Lipinski definition) is 3. The zero-order chi connectivity index (χ0) is 43.1. The molecule has 3 aromatic rings. The Morgan fingerprint density at radius 2 is 1.75 bits per heavy atom. The van der Waals surface area contributed by atoms with E-state index in [1.807, 2.05) is 6.07 Å². The van der Waals surface area contributed by atoms with Gasteiger partial charge in [-0.3, -0.25) is 39.2 Å². The lowest BCUT2D eigenvalue weighted by Gasteiger charge is -2.44. The second kappa shape index (κ2) is 16.8. The van der Waals surface area contributed by atoms with E-state index >= 15 is 0 Å². The summed E-state index contributed by atoms with van der Waals surface area (Å²) in [7, 11) is 0. The van der Waals surface area contributed by atoms with Gasteiger partial charge < -0.3 is 20.3 Å². The molecule has 60 heavy (non-hydrogen) atoms. The molecule has 316 valence electrons. The third-order valence-electron chi connectivity index (χ3n) is 11.4. The molecule has 3 atom stereocenters. The first-order chi connectivity index (χ1) is 28.4. The van der Waals surface area contributed by atoms with Crippen LogP contribution in [0.2, 0.25) is 0 Å². The summed E-state index contributed by atoms with van der Waals surface area (Å²) in [6.07, 6.45) is -0.728. The minimum atomic E-state index is -4.81. The number of imide groups is 1. The SMILES string of the molecule is C[C@@H]1CN(CCOc2ncc(N3C(=S)N(c4ccc(C#N)c(C(F)(F)F)c4)C(=O)C3(C)C)cc2C2CC2)C[C@H](C)N1CC(=O)Nc1cccc(NC2CCC(=O)NC2=O)c1. The third-order valence-corrected chi connectivity index (χ3v) is 11.7. The molecule has 4 fully saturated rings. The van der Waals surface area contributed by atoms with Crippen LogP contribution in [0, 0.1) is 11.3 Å². The van der Waals surface area contributed by atoms with E-state index in [4.69, 9.17) is 17.0 Å². The molecule has 3 aliphatic heterocycles. The van der Waals surface area contributed by atoms with Crippen LogP contribution in [-0.4, -0.2) is 100.0 Å². The van der Waals surface area contributed by atoms with Crippen molar-refractivity contribution in [1.82, 2.24) is 20.1 Å². The summed E-state index contributed by atoms with van der Waals surface area (Å²) in [4.78, 5) is 62.4. The molecule has 2 aromatic carbocycles. The number of benzene rings is 2. The number of carbonyl (C=O) groups is 4. The van der Waals surface area contributed by atoms with E-state index in [-0.39, 0.29) is 59.5 Å². The van der Waals surface area contributed by atoms with Crippen molar-refractivity contribution in [3.05, 3.63) is 71.4 Å². The van der Waals surface area contributed by atoms with E-state index in [0.29, 0.717) is 55.6 Å². The number of amides is 4. The molecule has 1 aromatic heterocycles. The Bertz CT molecular complexity index is 2250. The average molecular weight is 846 g/mol. The molecule has 3 N–H and O–H groups in total. The highest BCUT2D eigenvalue weighted by Crippen LogP contribution is 2.46. The number of piperidine rings is 1. The van der Waals surface area contributed by atoms with Gasteiger partial charge in [-0.05, 0) is 108 Å². The van der Waals surface area contributed by atoms with Crippen LogP contribution in [0.4, 0.5) is 35.9 Å². The number of pyridine rings is 1. The standard InChI is InChI=1S/C42H46F3N9O5S/c1-24-21-51(22-25(2)52(24)23-36(56)49-29-7-5-6-28(16-29)48-34-12-13-35(55)50-37(34)57)14-15-59-38-32(26-8-9-26)17-31(20-47-38)54-40(60)53(39(58)41(54,3)4)30-11-10-27(19-46)33(18-30)42(43,44)45/h5-7,10-11,16-18,20,24-26,34,48H,8-9,12-15,21-23H2,1-4H3,(H,49,56)(H,50,55,57)/t24-,25+,34?. The Balaban J connectivity index is 0.946. The highest BCUT2D eigenvalue weighted by Gasteiger charge is 2.51. The molecular formula is C42H46F3N9O5S.